The Balaban J connectivity index is 3.71. The number of hydrogen-bond acceptors (Lipinski definition) is 3. The second-order valence-corrected chi connectivity index (χ2v) is 6.04. The summed E-state index contributed by atoms with van der Waals surface area (Å²) in [5.41, 5.74) is 7.04. The van der Waals surface area contributed by atoms with E-state index in [9.17, 15) is 0 Å². The Kier molecular flexibility index (Phi) is 5.78. The Morgan fingerprint density at radius 1 is 1.07 bits per heavy atom. The summed E-state index contributed by atoms with van der Waals surface area (Å²) >= 11 is 0. The number of hydrogen-bond donors (Lipinski definition) is 3. The van der Waals surface area contributed by atoms with Gasteiger partial charge in [0.2, 0.25) is 0 Å². The molecule has 0 amide bonds. The van der Waals surface area contributed by atoms with Crippen LogP contribution in [0.25, 0.3) is 0 Å². The summed E-state index contributed by atoms with van der Waals surface area (Å²) in [7, 11) is 0. The molecule has 3 heteroatoms. The van der Waals surface area contributed by atoms with E-state index in [0.29, 0.717) is 6.04 Å². The third-order valence-electron chi connectivity index (χ3n) is 2.48. The molecule has 0 spiro atoms. The Labute approximate surface area is 95.4 Å². The quantitative estimate of drug-likeness (QED) is 0.594. The van der Waals surface area contributed by atoms with E-state index in [0.717, 1.165) is 13.0 Å². The number of hydrazine groups is 1. The molecule has 1 unspecified atom stereocenters. The van der Waals surface area contributed by atoms with Crippen molar-refractivity contribution in [3.05, 3.63) is 0 Å². The molecule has 0 aliphatic carbocycles. The van der Waals surface area contributed by atoms with Crippen molar-refractivity contribution in [2.24, 2.45) is 0 Å². The molecule has 15 heavy (non-hydrogen) atoms. The lowest BCUT2D eigenvalue weighted by atomic mass is 10.0. The van der Waals surface area contributed by atoms with Gasteiger partial charge in [-0.1, -0.05) is 6.92 Å². The smallest absolute Gasteiger partial charge is 0.0309 e. The molecule has 1 atom stereocenters. The average Bonchev–Trinajstić information content (AvgIpc) is 2.10. The molecule has 0 heterocycles. The highest BCUT2D eigenvalue weighted by Gasteiger charge is 2.15. The van der Waals surface area contributed by atoms with Crippen LogP contribution in [0.2, 0.25) is 0 Å². The van der Waals surface area contributed by atoms with E-state index in [4.69, 9.17) is 0 Å². The van der Waals surface area contributed by atoms with Gasteiger partial charge >= 0.3 is 0 Å². The van der Waals surface area contributed by atoms with Crippen molar-refractivity contribution in [2.75, 3.05) is 6.54 Å². The van der Waals surface area contributed by atoms with Gasteiger partial charge in [-0.15, -0.1) is 0 Å². The molecule has 0 aliphatic rings. The average molecular weight is 215 g/mol. The molecule has 0 radical (unpaired) electrons. The van der Waals surface area contributed by atoms with Crippen LogP contribution in [-0.4, -0.2) is 23.7 Å². The lowest BCUT2D eigenvalue weighted by Gasteiger charge is -2.29. The van der Waals surface area contributed by atoms with Crippen molar-refractivity contribution < 1.29 is 0 Å². The van der Waals surface area contributed by atoms with Crippen LogP contribution in [-0.2, 0) is 0 Å². The van der Waals surface area contributed by atoms with Gasteiger partial charge in [-0.3, -0.25) is 10.9 Å². The summed E-state index contributed by atoms with van der Waals surface area (Å²) in [5.74, 6) is 0. The van der Waals surface area contributed by atoms with Crippen LogP contribution < -0.4 is 16.2 Å². The predicted octanol–water partition coefficient (Wildman–Crippen LogP) is 2.05. The maximum Gasteiger partial charge on any atom is 0.0309 e. The molecule has 0 bridgehead atoms. The van der Waals surface area contributed by atoms with Crippen molar-refractivity contribution >= 4 is 0 Å². The van der Waals surface area contributed by atoms with Crippen LogP contribution in [0, 0.1) is 0 Å². The first-order valence-electron chi connectivity index (χ1n) is 5.94. The normalized spacial score (nSPS) is 15.4. The minimum Gasteiger partial charge on any atom is -0.310 e. The van der Waals surface area contributed by atoms with Gasteiger partial charge in [0.1, 0.15) is 0 Å². The minimum atomic E-state index is 0.163. The molecular formula is C12H29N3. The first kappa shape index (κ1) is 14.9. The Hall–Kier alpha value is -0.120. The third kappa shape index (κ3) is 8.85. The van der Waals surface area contributed by atoms with Crippen molar-refractivity contribution in [1.82, 2.24) is 16.2 Å². The summed E-state index contributed by atoms with van der Waals surface area (Å²) in [6, 6.07) is 0.426. The maximum atomic E-state index is 3.47. The predicted molar refractivity (Wildman–Crippen MR) is 67.9 cm³/mol. The zero-order valence-corrected chi connectivity index (χ0v) is 11.5. The van der Waals surface area contributed by atoms with Gasteiger partial charge < -0.3 is 5.32 Å². The molecule has 0 saturated carbocycles. The van der Waals surface area contributed by atoms with Crippen molar-refractivity contribution in [3.8, 4) is 0 Å². The van der Waals surface area contributed by atoms with Gasteiger partial charge in [0, 0.05) is 23.7 Å². The standard InChI is InChI=1S/C12H29N3/c1-8-12(6,7)15-14-10(2)9-13-11(3,4)5/h10,13-15H,8-9H2,1-7H3. The topological polar surface area (TPSA) is 36.1 Å². The molecule has 0 aromatic carbocycles. The van der Waals surface area contributed by atoms with E-state index >= 15 is 0 Å². The van der Waals surface area contributed by atoms with Crippen LogP contribution in [0.3, 0.4) is 0 Å². The second kappa shape index (κ2) is 5.83. The Morgan fingerprint density at radius 3 is 2.00 bits per heavy atom. The first-order chi connectivity index (χ1) is 6.66. The molecule has 0 aromatic heterocycles. The molecule has 0 saturated heterocycles. The largest absolute Gasteiger partial charge is 0.310 e. The summed E-state index contributed by atoms with van der Waals surface area (Å²) in [6.07, 6.45) is 1.11. The fraction of sp³-hybridized carbons (Fsp3) is 1.00. The van der Waals surface area contributed by atoms with Gasteiger partial charge in [-0.25, -0.2) is 0 Å². The molecule has 0 aromatic rings. The minimum absolute atomic E-state index is 0.163. The van der Waals surface area contributed by atoms with Crippen molar-refractivity contribution in [2.45, 2.75) is 72.0 Å². The van der Waals surface area contributed by atoms with Crippen LogP contribution in [0.5, 0.6) is 0 Å². The van der Waals surface area contributed by atoms with Crippen LogP contribution in [0.1, 0.15) is 54.9 Å². The fourth-order valence-corrected chi connectivity index (χ4v) is 0.917. The van der Waals surface area contributed by atoms with Gasteiger partial charge in [0.15, 0.2) is 0 Å². The van der Waals surface area contributed by atoms with E-state index in [2.05, 4.69) is 64.6 Å². The molecular weight excluding hydrogens is 186 g/mol. The van der Waals surface area contributed by atoms with Gasteiger partial charge in [-0.05, 0) is 48.0 Å². The Morgan fingerprint density at radius 2 is 1.60 bits per heavy atom. The molecule has 3 N–H and O–H groups in total. The summed E-state index contributed by atoms with van der Waals surface area (Å²) in [4.78, 5) is 0. The van der Waals surface area contributed by atoms with Crippen LogP contribution in [0.4, 0.5) is 0 Å². The van der Waals surface area contributed by atoms with E-state index in [1.807, 2.05) is 0 Å². The molecule has 0 fully saturated rings. The molecule has 3 nitrogen and oxygen atoms in total. The molecule has 92 valence electrons. The molecule has 0 aliphatic heterocycles. The first-order valence-corrected chi connectivity index (χ1v) is 5.94. The van der Waals surface area contributed by atoms with Gasteiger partial charge in [0.05, 0.1) is 0 Å². The SMILES string of the molecule is CCC(C)(C)NNC(C)CNC(C)(C)C. The monoisotopic (exact) mass is 215 g/mol. The highest BCUT2D eigenvalue weighted by molar-refractivity contribution is 4.77. The van der Waals surface area contributed by atoms with Crippen LogP contribution >= 0.6 is 0 Å². The second-order valence-electron chi connectivity index (χ2n) is 6.04. The lowest BCUT2D eigenvalue weighted by Crippen LogP contribution is -2.54. The zero-order chi connectivity index (χ0) is 12.1. The Bertz CT molecular complexity index is 170. The van der Waals surface area contributed by atoms with Crippen molar-refractivity contribution in [3.63, 3.8) is 0 Å². The van der Waals surface area contributed by atoms with Crippen LogP contribution in [0.15, 0.2) is 0 Å². The maximum absolute atomic E-state index is 3.47. The highest BCUT2D eigenvalue weighted by Crippen LogP contribution is 2.05. The zero-order valence-electron chi connectivity index (χ0n) is 11.5. The van der Waals surface area contributed by atoms with E-state index < -0.39 is 0 Å². The van der Waals surface area contributed by atoms with Gasteiger partial charge in [-0.2, -0.15) is 0 Å². The van der Waals surface area contributed by atoms with E-state index in [1.54, 1.807) is 0 Å². The third-order valence-corrected chi connectivity index (χ3v) is 2.48. The summed E-state index contributed by atoms with van der Waals surface area (Å²) in [5, 5.41) is 3.47. The van der Waals surface area contributed by atoms with E-state index in [-0.39, 0.29) is 11.1 Å². The van der Waals surface area contributed by atoms with Gasteiger partial charge in [0.25, 0.3) is 0 Å². The molecule has 0 rings (SSSR count). The van der Waals surface area contributed by atoms with Crippen molar-refractivity contribution in [1.29, 1.82) is 0 Å². The highest BCUT2D eigenvalue weighted by atomic mass is 15.4. The number of nitrogens with one attached hydrogen (secondary N) is 3. The lowest BCUT2D eigenvalue weighted by molar-refractivity contribution is 0.281. The number of rotatable bonds is 6. The fourth-order valence-electron chi connectivity index (χ4n) is 0.917. The summed E-state index contributed by atoms with van der Waals surface area (Å²) < 4.78 is 0. The summed E-state index contributed by atoms with van der Waals surface area (Å²) in [6.45, 7) is 16.3. The van der Waals surface area contributed by atoms with E-state index in [1.165, 1.54) is 0 Å².